The summed E-state index contributed by atoms with van der Waals surface area (Å²) < 4.78 is 133. The van der Waals surface area contributed by atoms with Crippen LogP contribution >= 0.6 is 0 Å². The molecule has 0 radical (unpaired) electrons. The summed E-state index contributed by atoms with van der Waals surface area (Å²) in [5.41, 5.74) is 17.6. The molecule has 5 aromatic heterocycles. The minimum Gasteiger partial charge on any atom is -0.497 e. The van der Waals surface area contributed by atoms with E-state index in [9.17, 15) is 58.4 Å². The van der Waals surface area contributed by atoms with Crippen LogP contribution in [0, 0.1) is 13.8 Å². The smallest absolute Gasteiger partial charge is 0.497 e. The minimum absolute atomic E-state index is 0.0399. The molecule has 5 aliphatic heterocycles. The van der Waals surface area contributed by atoms with Crippen LogP contribution in [0.4, 0.5) is 17.3 Å². The molecule has 3 saturated heterocycles. The molecule has 38 heteroatoms. The van der Waals surface area contributed by atoms with Crippen molar-refractivity contribution < 1.29 is 91.5 Å². The third kappa shape index (κ3) is 24.0. The number of benzene rings is 5. The molecule has 140 heavy (non-hydrogen) atoms. The number of likely N-dealkylation sites (N-methyl/N-ethyl adjacent to an activating group) is 1. The molecular weight excluding hydrogens is 1840 g/mol. The summed E-state index contributed by atoms with van der Waals surface area (Å²) in [7, 11) is -0.611. The van der Waals surface area contributed by atoms with Crippen molar-refractivity contribution in [3.8, 4) is 34.0 Å². The topological polar surface area (TPSA) is 337 Å². The van der Waals surface area contributed by atoms with Crippen LogP contribution in [0.15, 0.2) is 97.1 Å². The number of carbonyl (C=O) groups excluding carboxylic acids is 3. The number of aromatic carboxylic acids is 1. The molecule has 4 aliphatic carbocycles. The lowest BCUT2D eigenvalue weighted by atomic mass is 9.81. The number of methoxy groups -OCH3 is 2. The van der Waals surface area contributed by atoms with E-state index in [1.165, 1.54) is 42.7 Å². The van der Waals surface area contributed by atoms with E-state index in [2.05, 4.69) is 95.0 Å². The Morgan fingerprint density at radius 3 is 1.39 bits per heavy atom. The number of aromatic nitrogens is 9. The molecular formula is C102H135BF4N16O15S2. The van der Waals surface area contributed by atoms with Gasteiger partial charge < -0.3 is 70.3 Å². The van der Waals surface area contributed by atoms with Crippen molar-refractivity contribution >= 4 is 113 Å². The Kier molecular flexibility index (Phi) is 33.5. The van der Waals surface area contributed by atoms with Crippen molar-refractivity contribution in [3.63, 3.8) is 0 Å². The van der Waals surface area contributed by atoms with Crippen molar-refractivity contribution in [3.05, 3.63) is 164 Å². The maximum atomic E-state index is 14.8. The minimum atomic E-state index is -6.00. The second-order valence-electron chi connectivity index (χ2n) is 39.0. The third-order valence-electron chi connectivity index (χ3n) is 27.4. The van der Waals surface area contributed by atoms with Gasteiger partial charge in [0.1, 0.15) is 28.1 Å². The molecule has 4 N–H and O–H groups in total. The number of aryl methyl sites for hydroxylation is 2. The van der Waals surface area contributed by atoms with E-state index in [-0.39, 0.29) is 46.9 Å². The first-order chi connectivity index (χ1) is 66.6. The summed E-state index contributed by atoms with van der Waals surface area (Å²) in [4.78, 5) is 67.7. The van der Waals surface area contributed by atoms with Crippen LogP contribution < -0.4 is 29.1 Å². The summed E-state index contributed by atoms with van der Waals surface area (Å²) in [6.45, 7) is 25.8. The fourth-order valence-electron chi connectivity index (χ4n) is 20.0. The number of para-hydroxylation sites is 1. The molecule has 0 unspecified atom stereocenters. The highest BCUT2D eigenvalue weighted by atomic mass is 32.2. The van der Waals surface area contributed by atoms with Crippen LogP contribution in [-0.2, 0) is 47.3 Å². The summed E-state index contributed by atoms with van der Waals surface area (Å²) in [6.07, 6.45) is 22.1. The van der Waals surface area contributed by atoms with Gasteiger partial charge in [-0.15, -0.1) is 5.10 Å². The molecule has 0 bridgehead atoms. The van der Waals surface area contributed by atoms with Gasteiger partial charge in [0, 0.05) is 83.3 Å². The Hall–Kier alpha value is -11.3. The molecule has 10 aromatic rings. The van der Waals surface area contributed by atoms with Crippen molar-refractivity contribution in [2.24, 2.45) is 0 Å². The zero-order valence-corrected chi connectivity index (χ0v) is 85.1. The van der Waals surface area contributed by atoms with Gasteiger partial charge in [0.15, 0.2) is 0 Å². The zero-order chi connectivity index (χ0) is 101. The lowest BCUT2D eigenvalue weighted by molar-refractivity contribution is -0.480. The van der Waals surface area contributed by atoms with Gasteiger partial charge in [-0.1, -0.05) is 67.6 Å². The van der Waals surface area contributed by atoms with E-state index >= 15 is 0 Å². The van der Waals surface area contributed by atoms with Crippen LogP contribution in [0.3, 0.4) is 0 Å². The fraction of sp³-hybridized carbons (Fsp3) is 0.520. The number of carbonyl (C=O) groups is 4. The number of rotatable bonds is 17. The van der Waals surface area contributed by atoms with E-state index in [4.69, 9.17) is 38.7 Å². The van der Waals surface area contributed by atoms with Gasteiger partial charge >= 0.3 is 19.2 Å². The van der Waals surface area contributed by atoms with Crippen LogP contribution in [-0.4, -0.2) is 259 Å². The maximum Gasteiger partial charge on any atom is 0.673 e. The highest BCUT2D eigenvalue weighted by Gasteiger charge is 2.41. The highest BCUT2D eigenvalue weighted by molar-refractivity contribution is 7.90. The molecule has 4 atom stereocenters. The SMILES string of the molecule is CN(C)C(On1nnc2ccccc21)=[N+](C)C.CN1CCOCC1.COc1ccc2c(c1)C=C(c1c(C(=O)N3C[C@@H](C)O[C@@H](C)C3)c(C)nn1C1CCC1)Cn1c-2c(C2CCCCC2)c2ccc(C(=O)NS(=O)(=O)C(C)C)cc21.COc1ccc2c(c1)C=C(c1c(C(=O)O)c(C)nn1C1CCC1)Cn1c-2c(C2CCCCC2)c2ccc(C(=O)NS(=O)(=O)C(C)C)cc21.C[C@@H]1CNC[C@H](C)O1.F[B-](F)(F)F. The van der Waals surface area contributed by atoms with Crippen molar-refractivity contribution in [2.45, 2.75) is 244 Å². The molecule has 5 aromatic carbocycles. The zero-order valence-electron chi connectivity index (χ0n) is 83.4. The van der Waals surface area contributed by atoms with Gasteiger partial charge in [-0.05, 0) is 276 Å². The Morgan fingerprint density at radius 2 is 1.01 bits per heavy atom. The number of nitrogens with zero attached hydrogens (tertiary/aromatic N) is 13. The molecule has 7 fully saturated rings. The summed E-state index contributed by atoms with van der Waals surface area (Å²) in [5, 5.41) is 32.2. The van der Waals surface area contributed by atoms with Gasteiger partial charge in [-0.3, -0.25) is 28.6 Å². The lowest BCUT2D eigenvalue weighted by Crippen LogP contribution is -2.48. The van der Waals surface area contributed by atoms with E-state index in [0.717, 1.165) is 218 Å². The number of carboxylic acid groups (broad SMARTS) is 1. The Balaban J connectivity index is 0.000000164. The number of halogens is 4. The number of sulfonamides is 2. The van der Waals surface area contributed by atoms with Gasteiger partial charge in [0.25, 0.3) is 17.7 Å². The average Bonchev–Trinajstić information content (AvgIpc) is 1.57. The summed E-state index contributed by atoms with van der Waals surface area (Å²) in [5.74, 6) is -0.346. The molecule has 756 valence electrons. The van der Waals surface area contributed by atoms with E-state index in [0.29, 0.717) is 84.6 Å². The van der Waals surface area contributed by atoms with E-state index in [1.807, 2.05) is 129 Å². The number of hydrogen-bond acceptors (Lipinski definition) is 20. The summed E-state index contributed by atoms with van der Waals surface area (Å²) >= 11 is 0. The molecule has 10 heterocycles. The Bertz CT molecular complexity index is 6500. The predicted octanol–water partition coefficient (Wildman–Crippen LogP) is 16.9. The maximum absolute atomic E-state index is 14.8. The fourth-order valence-corrected chi connectivity index (χ4v) is 21.2. The number of allylic oxidation sites excluding steroid dienone is 2. The Morgan fingerprint density at radius 1 is 0.571 bits per heavy atom. The first kappa shape index (κ1) is 105. The molecule has 0 spiro atoms. The predicted molar refractivity (Wildman–Crippen MR) is 537 cm³/mol. The van der Waals surface area contributed by atoms with Crippen LogP contribution in [0.1, 0.15) is 269 Å². The second kappa shape index (κ2) is 44.9. The van der Waals surface area contributed by atoms with Gasteiger partial charge in [-0.2, -0.15) is 10.2 Å². The highest BCUT2D eigenvalue weighted by Crippen LogP contribution is 2.52. The van der Waals surface area contributed by atoms with Crippen molar-refractivity contribution in [2.75, 3.05) is 102 Å². The lowest BCUT2D eigenvalue weighted by Gasteiger charge is -2.35. The molecule has 3 amide bonds. The monoisotopic (exact) mass is 1970 g/mol. The third-order valence-corrected chi connectivity index (χ3v) is 30.8. The number of amides is 3. The second-order valence-corrected chi connectivity index (χ2v) is 43.5. The first-order valence-electron chi connectivity index (χ1n) is 48.9. The van der Waals surface area contributed by atoms with Crippen LogP contribution in [0.25, 0.3) is 78.7 Å². The number of nitrogens with one attached hydrogen (secondary N) is 3. The van der Waals surface area contributed by atoms with Crippen molar-refractivity contribution in [1.29, 1.82) is 0 Å². The molecule has 4 saturated carbocycles. The Labute approximate surface area is 817 Å². The van der Waals surface area contributed by atoms with Gasteiger partial charge in [0.2, 0.25) is 20.0 Å². The number of morpholine rings is 3. The largest absolute Gasteiger partial charge is 0.673 e. The molecule has 9 aliphatic rings. The van der Waals surface area contributed by atoms with Gasteiger partial charge in [-0.25, -0.2) is 40.5 Å². The number of fused-ring (bicyclic) bond motifs is 11. The standard InChI is InChI=1S/C43H53N5O6S.C37H42N4O6S.C11H16N5O.C6H13NO.C5H11NO.BF4/c1-25(2)55(51,52)45-42(49)30-15-17-36-37(21-30)47-24-32(19-31-20-34(53-6)16-18-35(31)41(47)39(36)29-11-8-7-9-12-29)40-38(28(5)44-48(40)33-13-10-14-33)43(50)46-22-26(3)54-27(4)23-46;1-21(2)48(45,46)39-36(42)24-13-15-30-31(19-24)40-20-26(34-32(37(43)44)22(3)38-41(34)27-11-8-12-27)17-25-18-28(47-4)14-16-29(25)35(40)33(30)23-9-6-5-7-10-23;1-14(2)11(15(3)4)17-16-10-8-6-5-7-9(10)12-13-16;1-5-3-7-4-6(2)8-5;1-6-2-4-7-5-3-6;2-1(3,4)5/h15-21,25-27,29,33H,7-14,22-24H2,1-6H3,(H,45,49);13-19,21,23,27H,5-12,20H2,1-4H3,(H,39,42)(H,43,44);5-8H,1-4H3;5-7H,3-4H2,1-2H3;2-5H2,1H3;/q;;+1;;;-1/t26-,27+;;;5-,6+;;. The van der Waals surface area contributed by atoms with Gasteiger partial charge in [0.05, 0.1) is 155 Å². The van der Waals surface area contributed by atoms with E-state index < -0.39 is 55.6 Å². The number of amidine groups is 1. The quantitative estimate of drug-likeness (QED) is 0.0216. The normalized spacial score (nSPS) is 19.2. The van der Waals surface area contributed by atoms with Crippen molar-refractivity contribution in [1.82, 2.24) is 73.3 Å². The average molecular weight is 1980 g/mol. The number of carboxylic acids is 1. The molecule has 31 nitrogen and oxygen atoms in total. The number of hydrogen-bond donors (Lipinski definition) is 4. The van der Waals surface area contributed by atoms with E-state index in [1.54, 1.807) is 53.2 Å². The molecule has 19 rings (SSSR count). The summed E-state index contributed by atoms with van der Waals surface area (Å²) in [6, 6.07) is 31.9. The van der Waals surface area contributed by atoms with Crippen LogP contribution in [0.5, 0.6) is 11.5 Å². The number of ether oxygens (including phenoxy) is 5. The first-order valence-corrected chi connectivity index (χ1v) is 52.0. The van der Waals surface area contributed by atoms with Crippen LogP contribution in [0.2, 0.25) is 0 Å².